The van der Waals surface area contributed by atoms with Gasteiger partial charge in [0, 0.05) is 23.4 Å². The molecule has 0 aliphatic carbocycles. The molecule has 0 atom stereocenters. The van der Waals surface area contributed by atoms with Crippen LogP contribution in [-0.2, 0) is 4.79 Å². The molecular weight excluding hydrogens is 405 g/mol. The van der Waals surface area contributed by atoms with Gasteiger partial charge in [0.2, 0.25) is 0 Å². The Morgan fingerprint density at radius 1 is 0.897 bits per heavy atom. The Balaban J connectivity index is 2.15. The second-order valence-electron chi connectivity index (χ2n) is 5.71. The molecule has 9 heteroatoms. The molecule has 0 aliphatic rings. The molecule has 0 heterocycles. The van der Waals surface area contributed by atoms with Crippen molar-refractivity contribution in [1.29, 1.82) is 0 Å². The smallest absolute Gasteiger partial charge is 0.429 e. The van der Waals surface area contributed by atoms with E-state index in [1.54, 1.807) is 0 Å². The molecule has 0 fully saturated rings. The first-order valence-corrected chi connectivity index (χ1v) is 7.72. The van der Waals surface area contributed by atoms with E-state index < -0.39 is 40.6 Å². The first-order valence-electron chi connectivity index (χ1n) is 7.72. The summed E-state index contributed by atoms with van der Waals surface area (Å²) in [6.07, 6.45) is -4.94. The number of benzene rings is 3. The van der Waals surface area contributed by atoms with Crippen LogP contribution in [0.1, 0.15) is 5.56 Å². The third kappa shape index (κ3) is 4.16. The lowest BCUT2D eigenvalue weighted by atomic mass is 9.98. The van der Waals surface area contributed by atoms with Gasteiger partial charge in [-0.1, -0.05) is 18.1 Å². The molecule has 0 saturated carbocycles. The van der Waals surface area contributed by atoms with Crippen LogP contribution in [0.4, 0.5) is 30.7 Å². The van der Waals surface area contributed by atoms with Crippen molar-refractivity contribution in [2.75, 3.05) is 0 Å². The van der Waals surface area contributed by atoms with Crippen molar-refractivity contribution in [2.45, 2.75) is 6.18 Å². The lowest BCUT2D eigenvalue weighted by molar-refractivity contribution is -0.120. The van der Waals surface area contributed by atoms with Gasteiger partial charge in [-0.05, 0) is 23.1 Å². The van der Waals surface area contributed by atoms with Crippen molar-refractivity contribution in [3.05, 3.63) is 65.2 Å². The molecule has 0 aliphatic heterocycles. The molecule has 148 valence electrons. The fourth-order valence-electron chi connectivity index (χ4n) is 2.68. The number of ether oxygens (including phenoxy) is 1. The molecule has 0 aromatic heterocycles. The Morgan fingerprint density at radius 2 is 1.55 bits per heavy atom. The Bertz CT molecular complexity index is 1160. The number of hydrogen-bond donors (Lipinski definition) is 0. The molecular formula is C20H7F7O2. The van der Waals surface area contributed by atoms with Gasteiger partial charge in [0.05, 0.1) is 11.1 Å². The summed E-state index contributed by atoms with van der Waals surface area (Å²) in [6, 6.07) is 5.40. The minimum atomic E-state index is -4.94. The zero-order valence-corrected chi connectivity index (χ0v) is 14.0. The molecule has 3 aromatic carbocycles. The van der Waals surface area contributed by atoms with Gasteiger partial charge in [-0.3, -0.25) is 4.79 Å². The zero-order chi connectivity index (χ0) is 21.3. The summed E-state index contributed by atoms with van der Waals surface area (Å²) in [5.41, 5.74) is -1.72. The second kappa shape index (κ2) is 7.47. The van der Waals surface area contributed by atoms with Crippen molar-refractivity contribution in [2.24, 2.45) is 0 Å². The highest BCUT2D eigenvalue weighted by molar-refractivity contribution is 5.89. The highest BCUT2D eigenvalue weighted by Gasteiger charge is 2.24. The SMILES string of the molecule is O=COc1cc(F)c(-c2ccc3c(F)c(C#CC(F)(F)F)c(F)cc3c2)c(F)c1. The fraction of sp³-hybridized carbons (Fsp3) is 0.0500. The standard InChI is InChI=1S/C20H7F7O2/c21-15-6-11-5-10(18-16(22)7-12(29-9-28)8-17(18)23)1-2-13(11)19(24)14(15)3-4-20(25,26)27/h1-2,5-9H. The molecule has 0 spiro atoms. The molecule has 0 saturated heterocycles. The maximum Gasteiger partial charge on any atom is 0.458 e. The Kier molecular flexibility index (Phi) is 5.20. The number of fused-ring (bicyclic) bond motifs is 1. The summed E-state index contributed by atoms with van der Waals surface area (Å²) < 4.78 is 97.9. The summed E-state index contributed by atoms with van der Waals surface area (Å²) in [5, 5.41) is -0.439. The van der Waals surface area contributed by atoms with Crippen molar-refractivity contribution in [3.8, 4) is 28.7 Å². The van der Waals surface area contributed by atoms with E-state index in [0.717, 1.165) is 36.3 Å². The van der Waals surface area contributed by atoms with Crippen molar-refractivity contribution in [1.82, 2.24) is 0 Å². The first kappa shape index (κ1) is 20.2. The predicted molar refractivity (Wildman–Crippen MR) is 88.8 cm³/mol. The molecule has 0 radical (unpaired) electrons. The molecule has 2 nitrogen and oxygen atoms in total. The van der Waals surface area contributed by atoms with Gasteiger partial charge in [-0.2, -0.15) is 13.2 Å². The monoisotopic (exact) mass is 412 g/mol. The van der Waals surface area contributed by atoms with Crippen LogP contribution >= 0.6 is 0 Å². The quantitative estimate of drug-likeness (QED) is 0.322. The van der Waals surface area contributed by atoms with Gasteiger partial charge >= 0.3 is 6.18 Å². The molecule has 3 aromatic rings. The number of alkyl halides is 3. The van der Waals surface area contributed by atoms with Crippen LogP contribution in [0.3, 0.4) is 0 Å². The van der Waals surface area contributed by atoms with Crippen LogP contribution in [0.5, 0.6) is 5.75 Å². The van der Waals surface area contributed by atoms with Crippen molar-refractivity contribution in [3.63, 3.8) is 0 Å². The lowest BCUT2D eigenvalue weighted by Crippen LogP contribution is -2.02. The van der Waals surface area contributed by atoms with E-state index in [-0.39, 0.29) is 28.6 Å². The molecule has 3 rings (SSSR count). The Labute approximate surface area is 158 Å². The summed E-state index contributed by atoms with van der Waals surface area (Å²) in [4.78, 5) is 10.3. The van der Waals surface area contributed by atoms with E-state index in [9.17, 15) is 35.5 Å². The lowest BCUT2D eigenvalue weighted by Gasteiger charge is -2.10. The largest absolute Gasteiger partial charge is 0.458 e. The van der Waals surface area contributed by atoms with Crippen LogP contribution in [0.25, 0.3) is 21.9 Å². The van der Waals surface area contributed by atoms with Crippen LogP contribution in [0.15, 0.2) is 36.4 Å². The number of carbonyl (C=O) groups excluding carboxylic acids is 1. The van der Waals surface area contributed by atoms with Gasteiger partial charge in [-0.15, -0.1) is 0 Å². The van der Waals surface area contributed by atoms with Gasteiger partial charge in [0.15, 0.2) is 0 Å². The number of hydrogen-bond acceptors (Lipinski definition) is 2. The summed E-state index contributed by atoms with van der Waals surface area (Å²) >= 11 is 0. The minimum absolute atomic E-state index is 0.0191. The van der Waals surface area contributed by atoms with E-state index in [0.29, 0.717) is 6.07 Å². The Morgan fingerprint density at radius 3 is 2.14 bits per heavy atom. The normalized spacial score (nSPS) is 11.1. The second-order valence-corrected chi connectivity index (χ2v) is 5.71. The van der Waals surface area contributed by atoms with E-state index >= 15 is 0 Å². The number of carbonyl (C=O) groups is 1. The summed E-state index contributed by atoms with van der Waals surface area (Å²) in [6.45, 7) is -0.0191. The number of halogens is 7. The molecule has 0 unspecified atom stereocenters. The van der Waals surface area contributed by atoms with Gasteiger partial charge in [0.25, 0.3) is 6.47 Å². The van der Waals surface area contributed by atoms with Gasteiger partial charge in [-0.25, -0.2) is 17.6 Å². The van der Waals surface area contributed by atoms with Crippen LogP contribution < -0.4 is 4.74 Å². The van der Waals surface area contributed by atoms with E-state index in [1.165, 1.54) is 5.92 Å². The zero-order valence-electron chi connectivity index (χ0n) is 14.0. The van der Waals surface area contributed by atoms with Gasteiger partial charge < -0.3 is 4.74 Å². The highest BCUT2D eigenvalue weighted by Crippen LogP contribution is 2.33. The van der Waals surface area contributed by atoms with Crippen molar-refractivity contribution < 1.29 is 40.3 Å². The van der Waals surface area contributed by atoms with E-state index in [1.807, 2.05) is 0 Å². The van der Waals surface area contributed by atoms with Crippen LogP contribution in [-0.4, -0.2) is 12.6 Å². The third-order valence-electron chi connectivity index (χ3n) is 3.85. The van der Waals surface area contributed by atoms with E-state index in [4.69, 9.17) is 0 Å². The summed E-state index contributed by atoms with van der Waals surface area (Å²) in [7, 11) is 0. The highest BCUT2D eigenvalue weighted by atomic mass is 19.4. The minimum Gasteiger partial charge on any atom is -0.429 e. The topological polar surface area (TPSA) is 26.3 Å². The Hall–Kier alpha value is -3.54. The maximum atomic E-state index is 14.4. The average Bonchev–Trinajstić information content (AvgIpc) is 2.60. The average molecular weight is 412 g/mol. The molecule has 0 bridgehead atoms. The number of rotatable bonds is 3. The molecule has 0 amide bonds. The summed E-state index contributed by atoms with van der Waals surface area (Å²) in [5.74, 6) is -3.09. The van der Waals surface area contributed by atoms with Crippen LogP contribution in [0.2, 0.25) is 0 Å². The molecule has 0 N–H and O–H groups in total. The van der Waals surface area contributed by atoms with Crippen LogP contribution in [0, 0.1) is 35.1 Å². The first-order chi connectivity index (χ1) is 13.6. The predicted octanol–water partition coefficient (Wildman–Crippen LogP) is 5.51. The fourth-order valence-corrected chi connectivity index (χ4v) is 2.68. The third-order valence-corrected chi connectivity index (χ3v) is 3.85. The van der Waals surface area contributed by atoms with Gasteiger partial charge in [0.1, 0.15) is 29.0 Å². The van der Waals surface area contributed by atoms with E-state index in [2.05, 4.69) is 4.74 Å². The van der Waals surface area contributed by atoms with Crippen molar-refractivity contribution >= 4 is 17.2 Å². The maximum absolute atomic E-state index is 14.4. The molecule has 29 heavy (non-hydrogen) atoms.